The average Bonchev–Trinajstić information content (AvgIpc) is 2.90. The number of thiophene rings is 1. The zero-order valence-electron chi connectivity index (χ0n) is 10.2. The van der Waals surface area contributed by atoms with E-state index in [4.69, 9.17) is 0 Å². The lowest BCUT2D eigenvalue weighted by atomic mass is 10.1. The van der Waals surface area contributed by atoms with Crippen molar-refractivity contribution in [2.75, 3.05) is 19.6 Å². The molecule has 0 radical (unpaired) electrons. The molecule has 2 rings (SSSR count). The van der Waals surface area contributed by atoms with E-state index in [2.05, 4.69) is 26.0 Å². The highest BCUT2D eigenvalue weighted by molar-refractivity contribution is 9.11. The second-order valence-electron chi connectivity index (χ2n) is 4.57. The largest absolute Gasteiger partial charge is 0.316 e. The first-order chi connectivity index (χ1) is 8.49. The van der Waals surface area contributed by atoms with E-state index in [-0.39, 0.29) is 0 Å². The van der Waals surface area contributed by atoms with Crippen LogP contribution in [0, 0.1) is 12.8 Å². The summed E-state index contributed by atoms with van der Waals surface area (Å²) in [5.74, 6) is 0.601. The van der Waals surface area contributed by atoms with Gasteiger partial charge in [-0.3, -0.25) is 0 Å². The third-order valence-corrected chi connectivity index (χ3v) is 7.18. The van der Waals surface area contributed by atoms with Crippen molar-refractivity contribution in [1.29, 1.82) is 0 Å². The minimum absolute atomic E-state index is 0.386. The molecule has 1 fully saturated rings. The Morgan fingerprint density at radius 3 is 2.94 bits per heavy atom. The van der Waals surface area contributed by atoms with E-state index in [1.54, 1.807) is 6.07 Å². The summed E-state index contributed by atoms with van der Waals surface area (Å²) in [6, 6.07) is 1.70. The van der Waals surface area contributed by atoms with Gasteiger partial charge in [0.1, 0.15) is 4.21 Å². The Morgan fingerprint density at radius 1 is 1.61 bits per heavy atom. The Bertz CT molecular complexity index is 488. The van der Waals surface area contributed by atoms with Crippen LogP contribution in [-0.2, 0) is 10.0 Å². The first-order valence-electron chi connectivity index (χ1n) is 5.95. The molecule has 1 unspecified atom stereocenters. The molecule has 0 aromatic carbocycles. The van der Waals surface area contributed by atoms with Gasteiger partial charge in [-0.2, -0.15) is 0 Å². The molecule has 2 N–H and O–H groups in total. The Morgan fingerprint density at radius 2 is 2.39 bits per heavy atom. The van der Waals surface area contributed by atoms with Crippen molar-refractivity contribution in [2.24, 2.45) is 5.92 Å². The maximum atomic E-state index is 12.0. The molecular weight excluding hydrogens is 336 g/mol. The molecule has 4 nitrogen and oxygen atoms in total. The number of hydrogen-bond donors (Lipinski definition) is 2. The van der Waals surface area contributed by atoms with Gasteiger partial charge in [0.15, 0.2) is 0 Å². The molecule has 1 aromatic rings. The van der Waals surface area contributed by atoms with E-state index in [1.807, 2.05) is 6.92 Å². The van der Waals surface area contributed by atoms with Gasteiger partial charge in [-0.1, -0.05) is 0 Å². The van der Waals surface area contributed by atoms with Crippen molar-refractivity contribution in [3.05, 3.63) is 15.4 Å². The quantitative estimate of drug-likeness (QED) is 0.852. The lowest BCUT2D eigenvalue weighted by Crippen LogP contribution is -2.26. The topological polar surface area (TPSA) is 58.2 Å². The predicted molar refractivity (Wildman–Crippen MR) is 77.5 cm³/mol. The normalized spacial score (nSPS) is 20.4. The summed E-state index contributed by atoms with van der Waals surface area (Å²) < 4.78 is 28.0. The Balaban J connectivity index is 1.90. The summed E-state index contributed by atoms with van der Waals surface area (Å²) in [4.78, 5) is 0. The van der Waals surface area contributed by atoms with Crippen molar-refractivity contribution >= 4 is 37.3 Å². The lowest BCUT2D eigenvalue weighted by molar-refractivity contribution is 0.520. The zero-order chi connectivity index (χ0) is 13.2. The summed E-state index contributed by atoms with van der Waals surface area (Å²) in [5, 5.41) is 3.28. The van der Waals surface area contributed by atoms with Crippen molar-refractivity contribution in [2.45, 2.75) is 24.0 Å². The number of nitrogens with one attached hydrogen (secondary N) is 2. The van der Waals surface area contributed by atoms with Crippen LogP contribution >= 0.6 is 27.3 Å². The standard InChI is InChI=1S/C11H17BrN2O2S2/c1-8-6-10(17-11(8)12)18(15,16)14-5-3-9-2-4-13-7-9/h6,9,13-14H,2-5,7H2,1H3. The first kappa shape index (κ1) is 14.5. The van der Waals surface area contributed by atoms with Crippen LogP contribution in [-0.4, -0.2) is 28.1 Å². The summed E-state index contributed by atoms with van der Waals surface area (Å²) in [6.45, 7) is 4.47. The molecule has 0 amide bonds. The van der Waals surface area contributed by atoms with Gasteiger partial charge >= 0.3 is 0 Å². The highest BCUT2D eigenvalue weighted by Gasteiger charge is 2.19. The molecular formula is C11H17BrN2O2S2. The van der Waals surface area contributed by atoms with Gasteiger partial charge < -0.3 is 5.32 Å². The first-order valence-corrected chi connectivity index (χ1v) is 9.04. The molecule has 1 aromatic heterocycles. The van der Waals surface area contributed by atoms with Gasteiger partial charge in [-0.25, -0.2) is 13.1 Å². The van der Waals surface area contributed by atoms with Crippen molar-refractivity contribution < 1.29 is 8.42 Å². The Hall–Kier alpha value is 0.0500. The molecule has 7 heteroatoms. The minimum atomic E-state index is -3.34. The summed E-state index contributed by atoms with van der Waals surface area (Å²) in [7, 11) is -3.34. The van der Waals surface area contributed by atoms with Gasteiger partial charge in [0.05, 0.1) is 3.79 Å². The SMILES string of the molecule is Cc1cc(S(=O)(=O)NCCC2CCNC2)sc1Br. The molecule has 0 spiro atoms. The van der Waals surface area contributed by atoms with E-state index in [9.17, 15) is 8.42 Å². The van der Waals surface area contributed by atoms with E-state index in [0.29, 0.717) is 16.7 Å². The van der Waals surface area contributed by atoms with Crippen molar-refractivity contribution in [1.82, 2.24) is 10.0 Å². The van der Waals surface area contributed by atoms with E-state index < -0.39 is 10.0 Å². The highest BCUT2D eigenvalue weighted by atomic mass is 79.9. The van der Waals surface area contributed by atoms with Crippen molar-refractivity contribution in [3.8, 4) is 0 Å². The predicted octanol–water partition coefficient (Wildman–Crippen LogP) is 2.10. The van der Waals surface area contributed by atoms with Crippen LogP contribution in [0.1, 0.15) is 18.4 Å². The third-order valence-electron chi connectivity index (χ3n) is 3.11. The van der Waals surface area contributed by atoms with Crippen LogP contribution in [0.3, 0.4) is 0 Å². The fraction of sp³-hybridized carbons (Fsp3) is 0.636. The minimum Gasteiger partial charge on any atom is -0.316 e. The molecule has 1 atom stereocenters. The van der Waals surface area contributed by atoms with Crippen LogP contribution in [0.2, 0.25) is 0 Å². The lowest BCUT2D eigenvalue weighted by Gasteiger charge is -2.08. The van der Waals surface area contributed by atoms with Crippen LogP contribution in [0.15, 0.2) is 14.1 Å². The van der Waals surface area contributed by atoms with Crippen LogP contribution in [0.5, 0.6) is 0 Å². The van der Waals surface area contributed by atoms with Crippen molar-refractivity contribution in [3.63, 3.8) is 0 Å². The van der Waals surface area contributed by atoms with Gasteiger partial charge in [0.25, 0.3) is 0 Å². The van der Waals surface area contributed by atoms with Crippen LogP contribution < -0.4 is 10.0 Å². The molecule has 1 saturated heterocycles. The number of rotatable bonds is 5. The Kier molecular flexibility index (Phi) is 4.82. The smallest absolute Gasteiger partial charge is 0.250 e. The second kappa shape index (κ2) is 6.00. The highest BCUT2D eigenvalue weighted by Crippen LogP contribution is 2.30. The van der Waals surface area contributed by atoms with Crippen LogP contribution in [0.25, 0.3) is 0 Å². The molecule has 0 bridgehead atoms. The fourth-order valence-corrected chi connectivity index (χ4v) is 5.31. The second-order valence-corrected chi connectivity index (χ2v) is 8.93. The maximum absolute atomic E-state index is 12.0. The Labute approximate surface area is 120 Å². The summed E-state index contributed by atoms with van der Waals surface area (Å²) in [6.07, 6.45) is 2.04. The summed E-state index contributed by atoms with van der Waals surface area (Å²) >= 11 is 4.61. The molecule has 1 aliphatic rings. The third kappa shape index (κ3) is 3.54. The number of sulfonamides is 1. The monoisotopic (exact) mass is 352 g/mol. The zero-order valence-corrected chi connectivity index (χ0v) is 13.4. The number of hydrogen-bond acceptors (Lipinski definition) is 4. The molecule has 2 heterocycles. The molecule has 102 valence electrons. The van der Waals surface area contributed by atoms with Gasteiger partial charge in [-0.15, -0.1) is 11.3 Å². The molecule has 0 saturated carbocycles. The fourth-order valence-electron chi connectivity index (χ4n) is 1.99. The molecule has 0 aliphatic carbocycles. The number of aryl methyl sites for hydroxylation is 1. The van der Waals surface area contributed by atoms with E-state index in [0.717, 1.165) is 35.3 Å². The van der Waals surface area contributed by atoms with Gasteiger partial charge in [0.2, 0.25) is 10.0 Å². The molecule has 1 aliphatic heterocycles. The van der Waals surface area contributed by atoms with Gasteiger partial charge in [0, 0.05) is 6.54 Å². The number of halogens is 1. The molecule has 18 heavy (non-hydrogen) atoms. The van der Waals surface area contributed by atoms with E-state index in [1.165, 1.54) is 11.3 Å². The summed E-state index contributed by atoms with van der Waals surface area (Å²) in [5.41, 5.74) is 0.959. The van der Waals surface area contributed by atoms with E-state index >= 15 is 0 Å². The van der Waals surface area contributed by atoms with Gasteiger partial charge in [-0.05, 0) is 66.3 Å². The maximum Gasteiger partial charge on any atom is 0.250 e. The average molecular weight is 353 g/mol. The van der Waals surface area contributed by atoms with Crippen LogP contribution in [0.4, 0.5) is 0 Å².